The molecule has 1 aromatic carbocycles. The molecule has 1 heterocycles. The molecule has 2 rings (SSSR count). The van der Waals surface area contributed by atoms with Crippen LogP contribution < -0.4 is 0 Å². The van der Waals surface area contributed by atoms with Crippen LogP contribution in [0.25, 0.3) is 0 Å². The lowest BCUT2D eigenvalue weighted by molar-refractivity contribution is 0.626. The van der Waals surface area contributed by atoms with E-state index in [2.05, 4.69) is 4.98 Å². The molecule has 0 saturated heterocycles. The van der Waals surface area contributed by atoms with Crippen LogP contribution in [0.4, 0.5) is 4.39 Å². The molecule has 0 aliphatic carbocycles. The van der Waals surface area contributed by atoms with E-state index >= 15 is 0 Å². The van der Waals surface area contributed by atoms with Gasteiger partial charge in [-0.2, -0.15) is 0 Å². The number of imidazole rings is 1. The van der Waals surface area contributed by atoms with Crippen LogP contribution in [-0.2, 0) is 12.4 Å². The van der Waals surface area contributed by atoms with E-state index < -0.39 is 0 Å². The van der Waals surface area contributed by atoms with Crippen molar-refractivity contribution in [3.8, 4) is 0 Å². The van der Waals surface area contributed by atoms with Gasteiger partial charge in [-0.25, -0.2) is 9.37 Å². The highest BCUT2D eigenvalue weighted by Gasteiger charge is 2.06. The maximum absolute atomic E-state index is 12.8. The third-order valence-electron chi connectivity index (χ3n) is 2.28. The van der Waals surface area contributed by atoms with Crippen LogP contribution in [-0.4, -0.2) is 9.55 Å². The lowest BCUT2D eigenvalue weighted by Gasteiger charge is -2.07. The summed E-state index contributed by atoms with van der Waals surface area (Å²) in [7, 11) is 0. The first-order valence-electron chi connectivity index (χ1n) is 4.70. The van der Waals surface area contributed by atoms with E-state index in [-0.39, 0.29) is 5.82 Å². The van der Waals surface area contributed by atoms with Gasteiger partial charge in [-0.15, -0.1) is 11.6 Å². The van der Waals surface area contributed by atoms with Crippen molar-refractivity contribution in [1.29, 1.82) is 0 Å². The summed E-state index contributed by atoms with van der Waals surface area (Å²) in [6, 6.07) is 4.35. The molecule has 5 heteroatoms. The third kappa shape index (κ3) is 2.36. The topological polar surface area (TPSA) is 17.8 Å². The highest BCUT2D eigenvalue weighted by molar-refractivity contribution is 6.31. The Balaban J connectivity index is 2.27. The summed E-state index contributed by atoms with van der Waals surface area (Å²) in [5, 5.41) is 0.411. The second kappa shape index (κ2) is 4.85. The Bertz CT molecular complexity index is 496. The molecule has 0 bridgehead atoms. The van der Waals surface area contributed by atoms with E-state index in [4.69, 9.17) is 23.2 Å². The number of rotatable bonds is 3. The lowest BCUT2D eigenvalue weighted by Crippen LogP contribution is -2.03. The summed E-state index contributed by atoms with van der Waals surface area (Å²) in [5.74, 6) is 0.769. The first-order chi connectivity index (χ1) is 7.70. The van der Waals surface area contributed by atoms with Crippen LogP contribution in [0.5, 0.6) is 0 Å². The van der Waals surface area contributed by atoms with Crippen LogP contribution in [0.1, 0.15) is 11.4 Å². The zero-order valence-corrected chi connectivity index (χ0v) is 9.84. The fraction of sp³-hybridized carbons (Fsp3) is 0.182. The summed E-state index contributed by atoms with van der Waals surface area (Å²) in [6.45, 7) is 0.543. The van der Waals surface area contributed by atoms with Crippen LogP contribution in [0.3, 0.4) is 0 Å². The van der Waals surface area contributed by atoms with E-state index in [1.807, 2.05) is 10.8 Å². The average Bonchev–Trinajstić information content (AvgIpc) is 2.69. The van der Waals surface area contributed by atoms with Gasteiger partial charge in [0.15, 0.2) is 0 Å². The fourth-order valence-corrected chi connectivity index (χ4v) is 1.90. The maximum Gasteiger partial charge on any atom is 0.124 e. The van der Waals surface area contributed by atoms with E-state index in [9.17, 15) is 4.39 Å². The number of alkyl halides is 1. The van der Waals surface area contributed by atoms with Gasteiger partial charge in [0.05, 0.1) is 12.4 Å². The molecule has 0 amide bonds. The maximum atomic E-state index is 12.8. The molecule has 0 N–H and O–H groups in total. The van der Waals surface area contributed by atoms with Crippen molar-refractivity contribution < 1.29 is 4.39 Å². The van der Waals surface area contributed by atoms with Gasteiger partial charge in [-0.05, 0) is 17.7 Å². The minimum atomic E-state index is -0.336. The van der Waals surface area contributed by atoms with E-state index in [1.54, 1.807) is 12.3 Å². The highest BCUT2D eigenvalue weighted by Crippen LogP contribution is 2.19. The predicted molar refractivity (Wildman–Crippen MR) is 62.3 cm³/mol. The van der Waals surface area contributed by atoms with Gasteiger partial charge in [0.25, 0.3) is 0 Å². The fourth-order valence-electron chi connectivity index (χ4n) is 1.45. The van der Waals surface area contributed by atoms with Gasteiger partial charge in [-0.1, -0.05) is 17.7 Å². The molecule has 0 atom stereocenters. The average molecular weight is 259 g/mol. The molecule has 84 valence electrons. The summed E-state index contributed by atoms with van der Waals surface area (Å²) < 4.78 is 14.7. The van der Waals surface area contributed by atoms with Crippen LogP contribution >= 0.6 is 23.2 Å². The molecule has 16 heavy (non-hydrogen) atoms. The van der Waals surface area contributed by atoms with Crippen molar-refractivity contribution in [3.05, 3.63) is 52.8 Å². The van der Waals surface area contributed by atoms with Gasteiger partial charge < -0.3 is 4.57 Å². The molecule has 0 unspecified atom stereocenters. The predicted octanol–water partition coefficient (Wildman–Crippen LogP) is 3.46. The Morgan fingerprint density at radius 2 is 2.19 bits per heavy atom. The number of hydrogen-bond acceptors (Lipinski definition) is 1. The number of nitrogens with zero attached hydrogens (tertiary/aromatic N) is 2. The Kier molecular flexibility index (Phi) is 3.46. The molecule has 0 saturated carbocycles. The second-order valence-corrected chi connectivity index (χ2v) is 4.02. The summed E-state index contributed by atoms with van der Waals surface area (Å²) in [4.78, 5) is 4.09. The largest absolute Gasteiger partial charge is 0.329 e. The lowest BCUT2D eigenvalue weighted by atomic mass is 10.2. The smallest absolute Gasteiger partial charge is 0.124 e. The number of benzene rings is 1. The minimum Gasteiger partial charge on any atom is -0.329 e. The van der Waals surface area contributed by atoms with Crippen molar-refractivity contribution in [2.24, 2.45) is 0 Å². The molecule has 0 spiro atoms. The number of aromatic nitrogens is 2. The third-order valence-corrected chi connectivity index (χ3v) is 2.87. The first-order valence-corrected chi connectivity index (χ1v) is 5.62. The Labute approximate surface area is 103 Å². The van der Waals surface area contributed by atoms with Crippen LogP contribution in [0.15, 0.2) is 30.6 Å². The van der Waals surface area contributed by atoms with Gasteiger partial charge in [0.2, 0.25) is 0 Å². The van der Waals surface area contributed by atoms with Crippen molar-refractivity contribution in [1.82, 2.24) is 9.55 Å². The molecule has 0 fully saturated rings. The summed E-state index contributed by atoms with van der Waals surface area (Å²) in [5.41, 5.74) is 0.840. The summed E-state index contributed by atoms with van der Waals surface area (Å²) in [6.07, 6.45) is 3.49. The molecule has 2 nitrogen and oxygen atoms in total. The van der Waals surface area contributed by atoms with E-state index in [0.717, 1.165) is 11.4 Å². The Morgan fingerprint density at radius 3 is 2.88 bits per heavy atom. The molecular weight excluding hydrogens is 250 g/mol. The van der Waals surface area contributed by atoms with Crippen molar-refractivity contribution in [2.45, 2.75) is 12.4 Å². The van der Waals surface area contributed by atoms with Gasteiger partial charge >= 0.3 is 0 Å². The monoisotopic (exact) mass is 258 g/mol. The number of halogens is 3. The quantitative estimate of drug-likeness (QED) is 0.772. The van der Waals surface area contributed by atoms with Crippen molar-refractivity contribution >= 4 is 23.2 Å². The van der Waals surface area contributed by atoms with Gasteiger partial charge in [0, 0.05) is 17.4 Å². The highest BCUT2D eigenvalue weighted by atomic mass is 35.5. The Morgan fingerprint density at radius 1 is 1.38 bits per heavy atom. The first kappa shape index (κ1) is 11.4. The molecule has 1 aromatic heterocycles. The summed E-state index contributed by atoms with van der Waals surface area (Å²) >= 11 is 11.7. The zero-order chi connectivity index (χ0) is 11.5. The molecule has 0 aliphatic heterocycles. The second-order valence-electron chi connectivity index (χ2n) is 3.34. The van der Waals surface area contributed by atoms with Crippen molar-refractivity contribution in [3.63, 3.8) is 0 Å². The molecule has 2 aromatic rings. The minimum absolute atomic E-state index is 0.336. The molecule has 0 radical (unpaired) electrons. The Hall–Kier alpha value is -1.06. The van der Waals surface area contributed by atoms with E-state index in [0.29, 0.717) is 17.4 Å². The van der Waals surface area contributed by atoms with Crippen LogP contribution in [0.2, 0.25) is 5.02 Å². The number of hydrogen-bond donors (Lipinski definition) is 0. The van der Waals surface area contributed by atoms with E-state index in [1.165, 1.54) is 12.1 Å². The van der Waals surface area contributed by atoms with Gasteiger partial charge in [-0.3, -0.25) is 0 Å². The van der Waals surface area contributed by atoms with Crippen LogP contribution in [0, 0.1) is 5.82 Å². The van der Waals surface area contributed by atoms with Crippen molar-refractivity contribution in [2.75, 3.05) is 0 Å². The zero-order valence-electron chi connectivity index (χ0n) is 8.33. The normalized spacial score (nSPS) is 10.7. The molecule has 0 aliphatic rings. The standard InChI is InChI=1S/C11H9Cl2FN2/c12-6-11-15-3-4-16(11)7-8-1-2-9(14)5-10(8)13/h1-5H,6-7H2. The molecular formula is C11H9Cl2FN2. The van der Waals surface area contributed by atoms with Gasteiger partial charge in [0.1, 0.15) is 11.6 Å². The SMILES string of the molecule is Fc1ccc(Cn2ccnc2CCl)c(Cl)c1.